The molecule has 2 rings (SSSR count). The average molecular weight is 272 g/mol. The van der Waals surface area contributed by atoms with Gasteiger partial charge in [0.25, 0.3) is 0 Å². The summed E-state index contributed by atoms with van der Waals surface area (Å²) in [6.07, 6.45) is -2.98. The van der Waals surface area contributed by atoms with E-state index in [1.54, 1.807) is 11.0 Å². The first-order valence-corrected chi connectivity index (χ1v) is 6.08. The Morgan fingerprint density at radius 3 is 2.68 bits per heavy atom. The Morgan fingerprint density at radius 2 is 2.05 bits per heavy atom. The maximum atomic E-state index is 12.9. The molecule has 1 aliphatic heterocycles. The first-order chi connectivity index (χ1) is 8.89. The van der Waals surface area contributed by atoms with Crippen LogP contribution in [0, 0.1) is 0 Å². The molecule has 3 nitrogen and oxygen atoms in total. The van der Waals surface area contributed by atoms with Crippen LogP contribution in [0.25, 0.3) is 0 Å². The van der Waals surface area contributed by atoms with Crippen molar-refractivity contribution in [3.05, 3.63) is 35.4 Å². The number of rotatable bonds is 3. The SMILES string of the molecule is NC(=O)C1CCCN1Cc1ccccc1C(F)(F)F. The van der Waals surface area contributed by atoms with Crippen LogP contribution in [0.4, 0.5) is 13.2 Å². The molecular weight excluding hydrogens is 257 g/mol. The van der Waals surface area contributed by atoms with Crippen LogP contribution in [-0.4, -0.2) is 23.4 Å². The molecule has 1 aromatic rings. The maximum Gasteiger partial charge on any atom is 0.416 e. The quantitative estimate of drug-likeness (QED) is 0.916. The third-order valence-corrected chi connectivity index (χ3v) is 3.39. The van der Waals surface area contributed by atoms with Gasteiger partial charge in [-0.2, -0.15) is 13.2 Å². The Bertz CT molecular complexity index is 473. The smallest absolute Gasteiger partial charge is 0.368 e. The number of carbonyl (C=O) groups excluding carboxylic acids is 1. The molecule has 0 spiro atoms. The van der Waals surface area contributed by atoms with Crippen LogP contribution in [0.1, 0.15) is 24.0 Å². The van der Waals surface area contributed by atoms with E-state index in [1.807, 2.05) is 0 Å². The fourth-order valence-electron chi connectivity index (χ4n) is 2.49. The molecule has 1 saturated heterocycles. The first-order valence-electron chi connectivity index (χ1n) is 6.08. The van der Waals surface area contributed by atoms with E-state index < -0.39 is 23.7 Å². The van der Waals surface area contributed by atoms with Crippen molar-refractivity contribution in [2.24, 2.45) is 5.73 Å². The van der Waals surface area contributed by atoms with Gasteiger partial charge in [-0.1, -0.05) is 18.2 Å². The van der Waals surface area contributed by atoms with Crippen molar-refractivity contribution < 1.29 is 18.0 Å². The van der Waals surface area contributed by atoms with E-state index >= 15 is 0 Å². The van der Waals surface area contributed by atoms with Gasteiger partial charge in [0, 0.05) is 6.54 Å². The zero-order valence-electron chi connectivity index (χ0n) is 10.3. The van der Waals surface area contributed by atoms with Crippen molar-refractivity contribution in [2.45, 2.75) is 31.6 Å². The van der Waals surface area contributed by atoms with Crippen LogP contribution in [0.3, 0.4) is 0 Å². The molecule has 1 atom stereocenters. The van der Waals surface area contributed by atoms with Gasteiger partial charge in [0.1, 0.15) is 0 Å². The molecule has 0 saturated carbocycles. The van der Waals surface area contributed by atoms with Gasteiger partial charge in [-0.05, 0) is 31.0 Å². The third kappa shape index (κ3) is 3.07. The normalized spacial score (nSPS) is 20.7. The number of nitrogens with zero attached hydrogens (tertiary/aromatic N) is 1. The predicted octanol–water partition coefficient (Wildman–Crippen LogP) is 2.16. The number of carbonyl (C=O) groups is 1. The summed E-state index contributed by atoms with van der Waals surface area (Å²) in [6.45, 7) is 0.698. The number of amides is 1. The van der Waals surface area contributed by atoms with E-state index in [-0.39, 0.29) is 12.1 Å². The zero-order chi connectivity index (χ0) is 14.0. The fraction of sp³-hybridized carbons (Fsp3) is 0.462. The number of hydrogen-bond acceptors (Lipinski definition) is 2. The summed E-state index contributed by atoms with van der Waals surface area (Å²) in [5.41, 5.74) is 4.80. The van der Waals surface area contributed by atoms with Crippen molar-refractivity contribution in [3.8, 4) is 0 Å². The lowest BCUT2D eigenvalue weighted by molar-refractivity contribution is -0.138. The van der Waals surface area contributed by atoms with Gasteiger partial charge in [-0.3, -0.25) is 9.69 Å². The Hall–Kier alpha value is -1.56. The van der Waals surface area contributed by atoms with E-state index in [0.29, 0.717) is 13.0 Å². The van der Waals surface area contributed by atoms with Crippen LogP contribution in [0.5, 0.6) is 0 Å². The minimum atomic E-state index is -4.38. The monoisotopic (exact) mass is 272 g/mol. The molecule has 1 unspecified atom stereocenters. The lowest BCUT2D eigenvalue weighted by Crippen LogP contribution is -2.40. The van der Waals surface area contributed by atoms with E-state index in [1.165, 1.54) is 12.1 Å². The summed E-state index contributed by atoms with van der Waals surface area (Å²) in [6, 6.07) is 4.98. The second-order valence-corrected chi connectivity index (χ2v) is 4.69. The van der Waals surface area contributed by atoms with E-state index in [9.17, 15) is 18.0 Å². The van der Waals surface area contributed by atoms with Crippen LogP contribution in [0.15, 0.2) is 24.3 Å². The molecular formula is C13H15F3N2O. The molecule has 104 valence electrons. The molecule has 0 radical (unpaired) electrons. The molecule has 1 fully saturated rings. The van der Waals surface area contributed by atoms with Crippen molar-refractivity contribution in [1.82, 2.24) is 4.90 Å². The van der Waals surface area contributed by atoms with Crippen LogP contribution >= 0.6 is 0 Å². The zero-order valence-corrected chi connectivity index (χ0v) is 10.3. The number of nitrogens with two attached hydrogens (primary N) is 1. The van der Waals surface area contributed by atoms with Crippen LogP contribution in [0.2, 0.25) is 0 Å². The molecule has 6 heteroatoms. The lowest BCUT2D eigenvalue weighted by atomic mass is 10.1. The molecule has 19 heavy (non-hydrogen) atoms. The summed E-state index contributed by atoms with van der Waals surface area (Å²) in [4.78, 5) is 13.0. The summed E-state index contributed by atoms with van der Waals surface area (Å²) in [5.74, 6) is -0.470. The number of halogens is 3. The topological polar surface area (TPSA) is 46.3 Å². The standard InChI is InChI=1S/C13H15F3N2O/c14-13(15,16)10-5-2-1-4-9(10)8-18-7-3-6-11(18)12(17)19/h1-2,4-5,11H,3,6-8H2,(H2,17,19). The Morgan fingerprint density at radius 1 is 1.37 bits per heavy atom. The molecule has 2 N–H and O–H groups in total. The van der Waals surface area contributed by atoms with Gasteiger partial charge >= 0.3 is 6.18 Å². The van der Waals surface area contributed by atoms with Crippen LogP contribution in [-0.2, 0) is 17.5 Å². The second kappa shape index (κ2) is 5.21. The number of benzene rings is 1. The second-order valence-electron chi connectivity index (χ2n) is 4.69. The van der Waals surface area contributed by atoms with Gasteiger partial charge in [-0.15, -0.1) is 0 Å². The highest BCUT2D eigenvalue weighted by Gasteiger charge is 2.35. The summed E-state index contributed by atoms with van der Waals surface area (Å²) >= 11 is 0. The molecule has 1 heterocycles. The van der Waals surface area contributed by atoms with Gasteiger partial charge in [0.15, 0.2) is 0 Å². The number of likely N-dealkylation sites (tertiary alicyclic amines) is 1. The first kappa shape index (κ1) is 13.9. The van der Waals surface area contributed by atoms with Crippen molar-refractivity contribution in [3.63, 3.8) is 0 Å². The Balaban J connectivity index is 2.22. The average Bonchev–Trinajstić information content (AvgIpc) is 2.76. The highest BCUT2D eigenvalue weighted by Crippen LogP contribution is 2.33. The van der Waals surface area contributed by atoms with Crippen molar-refractivity contribution >= 4 is 5.91 Å². The largest absolute Gasteiger partial charge is 0.416 e. The molecule has 0 aromatic heterocycles. The van der Waals surface area contributed by atoms with Gasteiger partial charge in [0.2, 0.25) is 5.91 Å². The Kier molecular flexibility index (Phi) is 3.80. The van der Waals surface area contributed by atoms with E-state index in [4.69, 9.17) is 5.73 Å². The summed E-state index contributed by atoms with van der Waals surface area (Å²) in [5, 5.41) is 0. The molecule has 0 bridgehead atoms. The van der Waals surface area contributed by atoms with Crippen molar-refractivity contribution in [2.75, 3.05) is 6.54 Å². The predicted molar refractivity (Wildman–Crippen MR) is 64.1 cm³/mol. The molecule has 0 aliphatic carbocycles. The lowest BCUT2D eigenvalue weighted by Gasteiger charge is -2.23. The number of hydrogen-bond donors (Lipinski definition) is 1. The summed E-state index contributed by atoms with van der Waals surface area (Å²) in [7, 11) is 0. The van der Waals surface area contributed by atoms with Crippen molar-refractivity contribution in [1.29, 1.82) is 0 Å². The van der Waals surface area contributed by atoms with Gasteiger partial charge < -0.3 is 5.73 Å². The van der Waals surface area contributed by atoms with Gasteiger partial charge in [-0.25, -0.2) is 0 Å². The van der Waals surface area contributed by atoms with Gasteiger partial charge in [0.05, 0.1) is 11.6 Å². The Labute approximate surface area is 109 Å². The molecule has 1 aromatic carbocycles. The molecule has 1 aliphatic rings. The van der Waals surface area contributed by atoms with E-state index in [0.717, 1.165) is 12.5 Å². The van der Waals surface area contributed by atoms with Crippen LogP contribution < -0.4 is 5.73 Å². The minimum Gasteiger partial charge on any atom is -0.368 e. The highest BCUT2D eigenvalue weighted by molar-refractivity contribution is 5.80. The molecule has 1 amide bonds. The van der Waals surface area contributed by atoms with E-state index in [2.05, 4.69) is 0 Å². The number of primary amides is 1. The maximum absolute atomic E-state index is 12.9. The number of alkyl halides is 3. The fourth-order valence-corrected chi connectivity index (χ4v) is 2.49. The third-order valence-electron chi connectivity index (χ3n) is 3.39. The summed E-state index contributed by atoms with van der Waals surface area (Å²) < 4.78 is 38.6. The highest BCUT2D eigenvalue weighted by atomic mass is 19.4. The minimum absolute atomic E-state index is 0.100.